The van der Waals surface area contributed by atoms with Crippen molar-refractivity contribution in [3.63, 3.8) is 0 Å². The minimum absolute atomic E-state index is 0.0731. The van der Waals surface area contributed by atoms with Crippen molar-refractivity contribution < 1.29 is 13.2 Å². The first-order valence-corrected chi connectivity index (χ1v) is 8.76. The molecule has 1 saturated heterocycles. The van der Waals surface area contributed by atoms with Crippen LogP contribution in [0.1, 0.15) is 25.7 Å². The Morgan fingerprint density at radius 1 is 1.29 bits per heavy atom. The molecule has 0 spiro atoms. The zero-order valence-electron chi connectivity index (χ0n) is 12.0. The van der Waals surface area contributed by atoms with E-state index in [0.717, 1.165) is 32.2 Å². The van der Waals surface area contributed by atoms with Crippen LogP contribution >= 0.6 is 0 Å². The van der Waals surface area contributed by atoms with Crippen molar-refractivity contribution in [2.24, 2.45) is 0 Å². The fraction of sp³-hybridized carbons (Fsp3) is 0.692. The number of hydrogen-bond donors (Lipinski definition) is 1. The van der Waals surface area contributed by atoms with E-state index in [9.17, 15) is 8.42 Å². The third-order valence-electron chi connectivity index (χ3n) is 3.85. The lowest BCUT2D eigenvalue weighted by Gasteiger charge is -2.34. The highest BCUT2D eigenvalue weighted by atomic mass is 32.2. The van der Waals surface area contributed by atoms with Crippen LogP contribution < -0.4 is 14.4 Å². The van der Waals surface area contributed by atoms with E-state index in [1.54, 1.807) is 19.5 Å². The minimum atomic E-state index is -3.15. The summed E-state index contributed by atoms with van der Waals surface area (Å²) in [7, 11) is -1.59. The van der Waals surface area contributed by atoms with E-state index in [0.29, 0.717) is 18.2 Å². The lowest BCUT2D eigenvalue weighted by molar-refractivity contribution is 0.390. The van der Waals surface area contributed by atoms with Gasteiger partial charge in [0.05, 0.1) is 12.4 Å². The SMILES string of the molecule is COc1nccnc1N1CCCC(NS(=O)(=O)C2CC2)C1. The van der Waals surface area contributed by atoms with Crippen LogP contribution in [0.5, 0.6) is 5.88 Å². The Bertz CT molecular complexity index is 603. The molecule has 1 saturated carbocycles. The fourth-order valence-corrected chi connectivity index (χ4v) is 4.26. The number of aromatic nitrogens is 2. The number of methoxy groups -OCH3 is 1. The maximum Gasteiger partial charge on any atom is 0.257 e. The molecule has 116 valence electrons. The average molecular weight is 312 g/mol. The van der Waals surface area contributed by atoms with Crippen molar-refractivity contribution in [1.82, 2.24) is 14.7 Å². The van der Waals surface area contributed by atoms with Crippen molar-refractivity contribution in [2.45, 2.75) is 37.0 Å². The van der Waals surface area contributed by atoms with Gasteiger partial charge in [0.1, 0.15) is 0 Å². The van der Waals surface area contributed by atoms with Gasteiger partial charge in [0.2, 0.25) is 10.0 Å². The van der Waals surface area contributed by atoms with Crippen LogP contribution in [-0.2, 0) is 10.0 Å². The summed E-state index contributed by atoms with van der Waals surface area (Å²) >= 11 is 0. The maximum atomic E-state index is 12.0. The second-order valence-corrected chi connectivity index (χ2v) is 7.53. The summed E-state index contributed by atoms with van der Waals surface area (Å²) in [5.41, 5.74) is 0. The lowest BCUT2D eigenvalue weighted by atomic mass is 10.1. The number of sulfonamides is 1. The maximum absolute atomic E-state index is 12.0. The van der Waals surface area contributed by atoms with Crippen molar-refractivity contribution in [2.75, 3.05) is 25.1 Å². The molecule has 0 radical (unpaired) electrons. The second-order valence-electron chi connectivity index (χ2n) is 5.54. The summed E-state index contributed by atoms with van der Waals surface area (Å²) < 4.78 is 32.2. The molecule has 2 aliphatic rings. The van der Waals surface area contributed by atoms with Crippen LogP contribution in [0.2, 0.25) is 0 Å². The topological polar surface area (TPSA) is 84.4 Å². The fourth-order valence-electron chi connectivity index (χ4n) is 2.65. The number of anilines is 1. The van der Waals surface area contributed by atoms with Gasteiger partial charge in [0, 0.05) is 31.5 Å². The molecule has 21 heavy (non-hydrogen) atoms. The normalized spacial score (nSPS) is 23.1. The van der Waals surface area contributed by atoms with Gasteiger partial charge < -0.3 is 9.64 Å². The molecule has 1 atom stereocenters. The molecule has 2 fully saturated rings. The molecular weight excluding hydrogens is 292 g/mol. The minimum Gasteiger partial charge on any atom is -0.478 e. The van der Waals surface area contributed by atoms with Crippen LogP contribution in [0.3, 0.4) is 0 Å². The van der Waals surface area contributed by atoms with Gasteiger partial charge in [-0.15, -0.1) is 0 Å². The molecule has 1 unspecified atom stereocenters. The molecule has 3 rings (SSSR count). The van der Waals surface area contributed by atoms with Gasteiger partial charge >= 0.3 is 0 Å². The van der Waals surface area contributed by atoms with Crippen molar-refractivity contribution in [1.29, 1.82) is 0 Å². The molecule has 0 bridgehead atoms. The third kappa shape index (κ3) is 3.26. The van der Waals surface area contributed by atoms with E-state index in [2.05, 4.69) is 14.7 Å². The Hall–Kier alpha value is -1.41. The first-order valence-electron chi connectivity index (χ1n) is 7.21. The quantitative estimate of drug-likeness (QED) is 0.854. The number of rotatable bonds is 5. The van der Waals surface area contributed by atoms with E-state index in [1.807, 2.05) is 4.90 Å². The van der Waals surface area contributed by atoms with Gasteiger partial charge in [-0.05, 0) is 25.7 Å². The van der Waals surface area contributed by atoms with Crippen molar-refractivity contribution >= 4 is 15.8 Å². The number of ether oxygens (including phenoxy) is 1. The summed E-state index contributed by atoms with van der Waals surface area (Å²) in [6.45, 7) is 1.43. The number of piperidine rings is 1. The van der Waals surface area contributed by atoms with Gasteiger partial charge in [0.25, 0.3) is 5.88 Å². The second kappa shape index (κ2) is 5.76. The van der Waals surface area contributed by atoms with E-state index in [1.165, 1.54) is 0 Å². The molecule has 1 aliphatic carbocycles. The van der Waals surface area contributed by atoms with E-state index in [-0.39, 0.29) is 11.3 Å². The van der Waals surface area contributed by atoms with Gasteiger partial charge in [-0.25, -0.2) is 23.1 Å². The largest absolute Gasteiger partial charge is 0.478 e. The van der Waals surface area contributed by atoms with Crippen molar-refractivity contribution in [3.8, 4) is 5.88 Å². The molecule has 1 N–H and O–H groups in total. The Kier molecular flexibility index (Phi) is 3.99. The molecule has 0 aromatic carbocycles. The summed E-state index contributed by atoms with van der Waals surface area (Å²) in [5.74, 6) is 1.15. The molecule has 1 aromatic heterocycles. The summed E-state index contributed by atoms with van der Waals surface area (Å²) in [5, 5.41) is -0.182. The molecule has 1 aliphatic heterocycles. The molecule has 0 amide bonds. The molecular formula is C13H20N4O3S. The predicted octanol–water partition coefficient (Wildman–Crippen LogP) is 0.536. The molecule has 8 heteroatoms. The Balaban J connectivity index is 1.70. The molecule has 7 nitrogen and oxygen atoms in total. The Morgan fingerprint density at radius 2 is 2.05 bits per heavy atom. The first-order chi connectivity index (χ1) is 10.1. The predicted molar refractivity (Wildman–Crippen MR) is 78.9 cm³/mol. The van der Waals surface area contributed by atoms with E-state index < -0.39 is 10.0 Å². The first kappa shape index (κ1) is 14.5. The monoisotopic (exact) mass is 312 g/mol. The summed E-state index contributed by atoms with van der Waals surface area (Å²) in [4.78, 5) is 10.5. The highest BCUT2D eigenvalue weighted by Crippen LogP contribution is 2.29. The van der Waals surface area contributed by atoms with Crippen LogP contribution in [0, 0.1) is 0 Å². The highest BCUT2D eigenvalue weighted by molar-refractivity contribution is 7.90. The van der Waals surface area contributed by atoms with Crippen LogP contribution in [0.4, 0.5) is 5.82 Å². The Labute approximate surface area is 124 Å². The van der Waals surface area contributed by atoms with Crippen LogP contribution in [-0.4, -0.2) is 49.9 Å². The molecule has 2 heterocycles. The van der Waals surface area contributed by atoms with Gasteiger partial charge in [-0.1, -0.05) is 0 Å². The van der Waals surface area contributed by atoms with Gasteiger partial charge in [0.15, 0.2) is 5.82 Å². The molecule has 1 aromatic rings. The number of hydrogen-bond acceptors (Lipinski definition) is 6. The van der Waals surface area contributed by atoms with Crippen molar-refractivity contribution in [3.05, 3.63) is 12.4 Å². The van der Waals surface area contributed by atoms with Crippen LogP contribution in [0.15, 0.2) is 12.4 Å². The van der Waals surface area contributed by atoms with E-state index in [4.69, 9.17) is 4.74 Å². The number of nitrogens with one attached hydrogen (secondary N) is 1. The van der Waals surface area contributed by atoms with E-state index >= 15 is 0 Å². The number of nitrogens with zero attached hydrogens (tertiary/aromatic N) is 3. The van der Waals surface area contributed by atoms with Gasteiger partial charge in [-0.2, -0.15) is 0 Å². The standard InChI is InChI=1S/C13H20N4O3S/c1-20-13-12(14-6-7-15-13)17-8-2-3-10(9-17)16-21(18,19)11-4-5-11/h6-7,10-11,16H,2-5,8-9H2,1H3. The average Bonchev–Trinajstić information content (AvgIpc) is 3.32. The van der Waals surface area contributed by atoms with Crippen LogP contribution in [0.25, 0.3) is 0 Å². The van der Waals surface area contributed by atoms with Gasteiger partial charge in [-0.3, -0.25) is 0 Å². The summed E-state index contributed by atoms with van der Waals surface area (Å²) in [6.07, 6.45) is 6.53. The zero-order valence-corrected chi connectivity index (χ0v) is 12.8. The zero-order chi connectivity index (χ0) is 14.9. The highest BCUT2D eigenvalue weighted by Gasteiger charge is 2.37. The summed E-state index contributed by atoms with van der Waals surface area (Å²) in [6, 6.07) is -0.0731. The third-order valence-corrected chi connectivity index (χ3v) is 5.87. The smallest absolute Gasteiger partial charge is 0.257 e. The lowest BCUT2D eigenvalue weighted by Crippen LogP contribution is -2.48. The Morgan fingerprint density at radius 3 is 2.76 bits per heavy atom.